The molecular weight excluding hydrogens is 348 g/mol. The summed E-state index contributed by atoms with van der Waals surface area (Å²) in [4.78, 5) is 18.8. The van der Waals surface area contributed by atoms with Gasteiger partial charge >= 0.3 is 0 Å². The number of anilines is 2. The molecule has 9 nitrogen and oxygen atoms in total. The highest BCUT2D eigenvalue weighted by atomic mass is 32.2. The van der Waals surface area contributed by atoms with Gasteiger partial charge in [-0.25, -0.2) is 13.4 Å². The third-order valence-electron chi connectivity index (χ3n) is 2.97. The van der Waals surface area contributed by atoms with Gasteiger partial charge in [-0.05, 0) is 31.2 Å². The van der Waals surface area contributed by atoms with Crippen LogP contribution in [-0.2, 0) is 14.8 Å². The topological polar surface area (TPSA) is 120 Å². The van der Waals surface area contributed by atoms with E-state index in [1.54, 1.807) is 6.92 Å². The Bertz CT molecular complexity index is 853. The van der Waals surface area contributed by atoms with Crippen LogP contribution >= 0.6 is 0 Å². The molecule has 0 bridgehead atoms. The van der Waals surface area contributed by atoms with E-state index in [4.69, 9.17) is 9.47 Å². The van der Waals surface area contributed by atoms with E-state index in [1.807, 2.05) is 0 Å². The van der Waals surface area contributed by atoms with Crippen LogP contribution < -0.4 is 19.5 Å². The van der Waals surface area contributed by atoms with E-state index in [1.165, 1.54) is 44.6 Å². The van der Waals surface area contributed by atoms with Crippen LogP contribution in [0, 0.1) is 0 Å². The molecule has 0 fully saturated rings. The first-order valence-corrected chi connectivity index (χ1v) is 8.78. The quantitative estimate of drug-likeness (QED) is 0.764. The minimum absolute atomic E-state index is 0.000210. The zero-order valence-electron chi connectivity index (χ0n) is 13.9. The van der Waals surface area contributed by atoms with Gasteiger partial charge in [0.25, 0.3) is 15.9 Å². The summed E-state index contributed by atoms with van der Waals surface area (Å²) in [6.07, 6.45) is 1.17. The van der Waals surface area contributed by atoms with Gasteiger partial charge in [0, 0.05) is 12.6 Å². The molecule has 0 radical (unpaired) electrons. The summed E-state index contributed by atoms with van der Waals surface area (Å²) in [6, 6.07) is 5.70. The summed E-state index contributed by atoms with van der Waals surface area (Å²) in [5.41, 5.74) is 0.490. The van der Waals surface area contributed by atoms with Crippen molar-refractivity contribution in [3.05, 3.63) is 30.6 Å². The predicted molar refractivity (Wildman–Crippen MR) is 91.3 cm³/mol. The zero-order chi connectivity index (χ0) is 18.4. The Morgan fingerprint density at radius 1 is 1.20 bits per heavy atom. The van der Waals surface area contributed by atoms with E-state index in [2.05, 4.69) is 20.0 Å². The molecule has 2 aromatic rings. The molecule has 2 N–H and O–H groups in total. The second-order valence-electron chi connectivity index (χ2n) is 4.80. The third kappa shape index (κ3) is 4.57. The van der Waals surface area contributed by atoms with Crippen molar-refractivity contribution in [3.8, 4) is 11.6 Å². The highest BCUT2D eigenvalue weighted by Gasteiger charge is 2.20. The van der Waals surface area contributed by atoms with Crippen molar-refractivity contribution in [1.82, 2.24) is 9.97 Å². The number of benzene rings is 1. The van der Waals surface area contributed by atoms with Crippen molar-refractivity contribution in [2.75, 3.05) is 23.8 Å². The van der Waals surface area contributed by atoms with Crippen LogP contribution in [0.1, 0.15) is 13.8 Å². The van der Waals surface area contributed by atoms with Gasteiger partial charge in [-0.15, -0.1) is 0 Å². The Morgan fingerprint density at radius 3 is 2.44 bits per heavy atom. The van der Waals surface area contributed by atoms with Crippen LogP contribution in [0.5, 0.6) is 11.6 Å². The molecule has 0 aliphatic rings. The molecular formula is C15H18N4O5S. The second-order valence-corrected chi connectivity index (χ2v) is 6.49. The normalized spacial score (nSPS) is 10.8. The lowest BCUT2D eigenvalue weighted by molar-refractivity contribution is -0.114. The molecule has 25 heavy (non-hydrogen) atoms. The number of carbonyl (C=O) groups excluding carboxylic acids is 1. The van der Waals surface area contributed by atoms with Crippen LogP contribution in [0.15, 0.2) is 35.5 Å². The highest BCUT2D eigenvalue weighted by molar-refractivity contribution is 7.92. The average Bonchev–Trinajstić information content (AvgIpc) is 2.55. The number of methoxy groups -OCH3 is 1. The van der Waals surface area contributed by atoms with Crippen molar-refractivity contribution in [2.45, 2.75) is 18.7 Å². The van der Waals surface area contributed by atoms with Crippen molar-refractivity contribution in [1.29, 1.82) is 0 Å². The zero-order valence-corrected chi connectivity index (χ0v) is 14.8. The van der Waals surface area contributed by atoms with Gasteiger partial charge in [-0.1, -0.05) is 0 Å². The molecule has 10 heteroatoms. The summed E-state index contributed by atoms with van der Waals surface area (Å²) in [5.74, 6) is -0.0590. The lowest BCUT2D eigenvalue weighted by Crippen LogP contribution is -2.15. The van der Waals surface area contributed by atoms with E-state index in [0.717, 1.165) is 0 Å². The fourth-order valence-electron chi connectivity index (χ4n) is 1.96. The minimum atomic E-state index is -3.91. The Labute approximate surface area is 145 Å². The largest absolute Gasteiger partial charge is 0.489 e. The minimum Gasteiger partial charge on any atom is -0.489 e. The van der Waals surface area contributed by atoms with Crippen LogP contribution in [0.25, 0.3) is 0 Å². The number of amides is 1. The molecule has 0 saturated heterocycles. The summed E-state index contributed by atoms with van der Waals surface area (Å²) in [7, 11) is -2.55. The first kappa shape index (κ1) is 18.5. The number of nitrogens with zero attached hydrogens (tertiary/aromatic N) is 2. The number of ether oxygens (including phenoxy) is 2. The maximum absolute atomic E-state index is 12.5. The summed E-state index contributed by atoms with van der Waals surface area (Å²) in [5, 5.41) is 2.56. The van der Waals surface area contributed by atoms with Crippen LogP contribution in [-0.4, -0.2) is 38.0 Å². The molecule has 0 aliphatic heterocycles. The Kier molecular flexibility index (Phi) is 5.75. The lowest BCUT2D eigenvalue weighted by Gasteiger charge is -2.13. The van der Waals surface area contributed by atoms with E-state index >= 15 is 0 Å². The molecule has 0 unspecified atom stereocenters. The number of hydrogen-bond donors (Lipinski definition) is 2. The van der Waals surface area contributed by atoms with E-state index in [-0.39, 0.29) is 28.3 Å². The molecule has 0 saturated carbocycles. The Morgan fingerprint density at radius 2 is 1.88 bits per heavy atom. The first-order valence-electron chi connectivity index (χ1n) is 7.29. The third-order valence-corrected chi connectivity index (χ3v) is 4.33. The summed E-state index contributed by atoms with van der Waals surface area (Å²) < 4.78 is 37.8. The van der Waals surface area contributed by atoms with Gasteiger partial charge < -0.3 is 14.8 Å². The smallest absolute Gasteiger partial charge is 0.263 e. The number of sulfonamides is 1. The standard InChI is InChI=1S/C15H18N4O5S/c1-4-24-15-13(23-3)14(16-9-17-15)19-25(21,22)12-7-5-11(6-8-12)18-10(2)20/h5-9H,4H2,1-3H3,(H,18,20)(H,16,17,19). The average molecular weight is 366 g/mol. The van der Waals surface area contributed by atoms with Crippen LogP contribution in [0.2, 0.25) is 0 Å². The van der Waals surface area contributed by atoms with E-state index in [9.17, 15) is 13.2 Å². The Balaban J connectivity index is 2.29. The van der Waals surface area contributed by atoms with Crippen LogP contribution in [0.4, 0.5) is 11.5 Å². The van der Waals surface area contributed by atoms with Gasteiger partial charge in [-0.3, -0.25) is 9.52 Å². The molecule has 1 heterocycles. The van der Waals surface area contributed by atoms with Gasteiger partial charge in [0.1, 0.15) is 6.33 Å². The molecule has 1 aromatic carbocycles. The molecule has 0 atom stereocenters. The first-order chi connectivity index (χ1) is 11.9. The summed E-state index contributed by atoms with van der Waals surface area (Å²) >= 11 is 0. The van der Waals surface area contributed by atoms with Gasteiger partial charge in [0.15, 0.2) is 5.82 Å². The molecule has 0 aliphatic carbocycles. The molecule has 0 spiro atoms. The fourth-order valence-corrected chi connectivity index (χ4v) is 2.97. The van der Waals surface area contributed by atoms with Crippen LogP contribution in [0.3, 0.4) is 0 Å². The maximum atomic E-state index is 12.5. The highest BCUT2D eigenvalue weighted by Crippen LogP contribution is 2.32. The van der Waals surface area contributed by atoms with E-state index < -0.39 is 10.0 Å². The number of aromatic nitrogens is 2. The maximum Gasteiger partial charge on any atom is 0.263 e. The van der Waals surface area contributed by atoms with E-state index in [0.29, 0.717) is 12.3 Å². The predicted octanol–water partition coefficient (Wildman–Crippen LogP) is 1.64. The fraction of sp³-hybridized carbons (Fsp3) is 0.267. The van der Waals surface area contributed by atoms with Crippen molar-refractivity contribution >= 4 is 27.4 Å². The van der Waals surface area contributed by atoms with Gasteiger partial charge in [-0.2, -0.15) is 4.98 Å². The van der Waals surface area contributed by atoms with Gasteiger partial charge in [0.2, 0.25) is 11.7 Å². The van der Waals surface area contributed by atoms with Crippen molar-refractivity contribution < 1.29 is 22.7 Å². The number of hydrogen-bond acceptors (Lipinski definition) is 7. The summed E-state index contributed by atoms with van der Waals surface area (Å²) in [6.45, 7) is 3.47. The lowest BCUT2D eigenvalue weighted by atomic mass is 10.3. The Hall–Kier alpha value is -2.88. The monoisotopic (exact) mass is 366 g/mol. The second kappa shape index (κ2) is 7.79. The molecule has 2 rings (SSSR count). The number of nitrogens with one attached hydrogen (secondary N) is 2. The molecule has 134 valence electrons. The van der Waals surface area contributed by atoms with Crippen molar-refractivity contribution in [3.63, 3.8) is 0 Å². The number of rotatable bonds is 7. The van der Waals surface area contributed by atoms with Crippen molar-refractivity contribution in [2.24, 2.45) is 0 Å². The SMILES string of the molecule is CCOc1ncnc(NS(=O)(=O)c2ccc(NC(C)=O)cc2)c1OC. The van der Waals surface area contributed by atoms with Gasteiger partial charge in [0.05, 0.1) is 18.6 Å². The molecule has 1 aromatic heterocycles. The number of carbonyl (C=O) groups is 1. The molecule has 1 amide bonds.